The van der Waals surface area contributed by atoms with Crippen molar-refractivity contribution in [3.8, 4) is 17.1 Å². The lowest BCUT2D eigenvalue weighted by molar-refractivity contribution is 0.397. The summed E-state index contributed by atoms with van der Waals surface area (Å²) < 4.78 is 7.13. The third-order valence-corrected chi connectivity index (χ3v) is 4.14. The van der Waals surface area contributed by atoms with E-state index in [0.717, 1.165) is 17.1 Å². The van der Waals surface area contributed by atoms with E-state index in [2.05, 4.69) is 20.1 Å². The molecule has 3 aromatic rings. The van der Waals surface area contributed by atoms with Crippen molar-refractivity contribution in [2.24, 2.45) is 0 Å². The zero-order valence-corrected chi connectivity index (χ0v) is 13.9. The largest absolute Gasteiger partial charge is 0.479 e. The SMILES string of the molecule is COc1ncc(Cn2cnc(C3CC3)n2)nc1-c1cccc(Cl)c1. The molecule has 0 unspecified atom stereocenters. The van der Waals surface area contributed by atoms with E-state index in [0.29, 0.717) is 29.1 Å². The van der Waals surface area contributed by atoms with Gasteiger partial charge in [0.15, 0.2) is 5.82 Å². The van der Waals surface area contributed by atoms with Crippen molar-refractivity contribution in [1.82, 2.24) is 24.7 Å². The monoisotopic (exact) mass is 341 g/mol. The molecular weight excluding hydrogens is 326 g/mol. The first kappa shape index (κ1) is 15.1. The van der Waals surface area contributed by atoms with Crippen LogP contribution in [0, 0.1) is 0 Å². The number of halogens is 1. The van der Waals surface area contributed by atoms with E-state index in [1.807, 2.05) is 24.3 Å². The van der Waals surface area contributed by atoms with Crippen molar-refractivity contribution in [3.05, 3.63) is 53.3 Å². The summed E-state index contributed by atoms with van der Waals surface area (Å²) in [6.07, 6.45) is 5.82. The van der Waals surface area contributed by atoms with Crippen LogP contribution in [-0.2, 0) is 6.54 Å². The second-order valence-corrected chi connectivity index (χ2v) is 6.24. The highest BCUT2D eigenvalue weighted by Crippen LogP contribution is 2.37. The number of rotatable bonds is 5. The highest BCUT2D eigenvalue weighted by Gasteiger charge is 2.27. The van der Waals surface area contributed by atoms with Crippen molar-refractivity contribution in [1.29, 1.82) is 0 Å². The Kier molecular flexibility index (Phi) is 3.90. The Bertz CT molecular complexity index is 875. The molecule has 4 rings (SSSR count). The molecule has 1 fully saturated rings. The van der Waals surface area contributed by atoms with Gasteiger partial charge in [-0.25, -0.2) is 19.6 Å². The number of benzene rings is 1. The molecule has 0 radical (unpaired) electrons. The minimum absolute atomic E-state index is 0.471. The summed E-state index contributed by atoms with van der Waals surface area (Å²) in [5.41, 5.74) is 2.32. The molecule has 6 nitrogen and oxygen atoms in total. The Labute approximate surface area is 144 Å². The first-order valence-corrected chi connectivity index (χ1v) is 8.16. The fourth-order valence-electron chi connectivity index (χ4n) is 2.54. The van der Waals surface area contributed by atoms with Gasteiger partial charge in [0.2, 0.25) is 5.88 Å². The molecule has 0 bridgehead atoms. The molecule has 2 heterocycles. The minimum Gasteiger partial charge on any atom is -0.479 e. The Morgan fingerprint density at radius 3 is 2.92 bits per heavy atom. The summed E-state index contributed by atoms with van der Waals surface area (Å²) in [5.74, 6) is 1.93. The van der Waals surface area contributed by atoms with Gasteiger partial charge < -0.3 is 4.74 Å². The zero-order chi connectivity index (χ0) is 16.5. The van der Waals surface area contributed by atoms with Crippen LogP contribution in [0.1, 0.15) is 30.3 Å². The normalized spacial score (nSPS) is 13.9. The summed E-state index contributed by atoms with van der Waals surface area (Å²) >= 11 is 6.09. The molecule has 1 saturated carbocycles. The van der Waals surface area contributed by atoms with Gasteiger partial charge in [-0.2, -0.15) is 5.10 Å². The van der Waals surface area contributed by atoms with E-state index < -0.39 is 0 Å². The molecule has 0 atom stereocenters. The van der Waals surface area contributed by atoms with Crippen LogP contribution in [0.2, 0.25) is 5.02 Å². The number of nitrogens with zero attached hydrogens (tertiary/aromatic N) is 5. The number of ether oxygens (including phenoxy) is 1. The highest BCUT2D eigenvalue weighted by molar-refractivity contribution is 6.30. The van der Waals surface area contributed by atoms with Gasteiger partial charge in [-0.1, -0.05) is 23.7 Å². The summed E-state index contributed by atoms with van der Waals surface area (Å²) in [7, 11) is 1.58. The predicted molar refractivity (Wildman–Crippen MR) is 90.1 cm³/mol. The molecule has 1 aliphatic carbocycles. The molecule has 122 valence electrons. The summed E-state index contributed by atoms with van der Waals surface area (Å²) in [4.78, 5) is 13.4. The first-order chi connectivity index (χ1) is 11.7. The Morgan fingerprint density at radius 1 is 1.29 bits per heavy atom. The topological polar surface area (TPSA) is 65.7 Å². The third kappa shape index (κ3) is 3.10. The van der Waals surface area contributed by atoms with Crippen molar-refractivity contribution in [2.75, 3.05) is 7.11 Å². The average Bonchev–Trinajstić information content (AvgIpc) is 3.35. The molecular formula is C17H16ClN5O. The predicted octanol–water partition coefficient (Wildman–Crippen LogP) is 3.32. The van der Waals surface area contributed by atoms with Crippen molar-refractivity contribution < 1.29 is 4.74 Å². The van der Waals surface area contributed by atoms with Crippen LogP contribution in [0.25, 0.3) is 11.3 Å². The average molecular weight is 342 g/mol. The molecule has 0 N–H and O–H groups in total. The first-order valence-electron chi connectivity index (χ1n) is 7.78. The second-order valence-electron chi connectivity index (χ2n) is 5.80. The van der Waals surface area contributed by atoms with Crippen LogP contribution >= 0.6 is 11.6 Å². The van der Waals surface area contributed by atoms with E-state index in [1.54, 1.807) is 24.3 Å². The van der Waals surface area contributed by atoms with Crippen LogP contribution in [0.4, 0.5) is 0 Å². The van der Waals surface area contributed by atoms with Gasteiger partial charge in [0.25, 0.3) is 0 Å². The van der Waals surface area contributed by atoms with Crippen LogP contribution in [-0.4, -0.2) is 31.8 Å². The molecule has 7 heteroatoms. The number of aromatic nitrogens is 5. The molecule has 0 aliphatic heterocycles. The molecule has 0 spiro atoms. The van der Waals surface area contributed by atoms with E-state index in [4.69, 9.17) is 16.3 Å². The van der Waals surface area contributed by atoms with Crippen LogP contribution in [0.3, 0.4) is 0 Å². The molecule has 1 aliphatic rings. The minimum atomic E-state index is 0.471. The molecule has 0 saturated heterocycles. The van der Waals surface area contributed by atoms with E-state index in [1.165, 1.54) is 12.8 Å². The molecule has 24 heavy (non-hydrogen) atoms. The quantitative estimate of drug-likeness (QED) is 0.712. The van der Waals surface area contributed by atoms with Gasteiger partial charge in [0.1, 0.15) is 12.0 Å². The Balaban J connectivity index is 1.65. The van der Waals surface area contributed by atoms with Crippen molar-refractivity contribution in [3.63, 3.8) is 0 Å². The summed E-state index contributed by atoms with van der Waals surface area (Å²) in [6.45, 7) is 0.518. The fourth-order valence-corrected chi connectivity index (χ4v) is 2.73. The van der Waals surface area contributed by atoms with Gasteiger partial charge in [0, 0.05) is 16.5 Å². The van der Waals surface area contributed by atoms with Gasteiger partial charge in [-0.3, -0.25) is 0 Å². The van der Waals surface area contributed by atoms with Crippen molar-refractivity contribution in [2.45, 2.75) is 25.3 Å². The van der Waals surface area contributed by atoms with Gasteiger partial charge in [-0.15, -0.1) is 0 Å². The zero-order valence-electron chi connectivity index (χ0n) is 13.2. The third-order valence-electron chi connectivity index (χ3n) is 3.90. The van der Waals surface area contributed by atoms with E-state index in [9.17, 15) is 0 Å². The van der Waals surface area contributed by atoms with Crippen LogP contribution in [0.5, 0.6) is 5.88 Å². The number of hydrogen-bond acceptors (Lipinski definition) is 5. The fraction of sp³-hybridized carbons (Fsp3) is 0.294. The lowest BCUT2D eigenvalue weighted by Gasteiger charge is -2.09. The van der Waals surface area contributed by atoms with Gasteiger partial charge in [0.05, 0.1) is 25.5 Å². The standard InChI is InChI=1S/C17H16ClN5O/c1-24-17-15(12-3-2-4-13(18)7-12)21-14(8-19-17)9-23-10-20-16(22-23)11-5-6-11/h2-4,7-8,10-11H,5-6,9H2,1H3. The summed E-state index contributed by atoms with van der Waals surface area (Å²) in [6, 6.07) is 7.48. The maximum atomic E-state index is 6.09. The van der Waals surface area contributed by atoms with Crippen LogP contribution < -0.4 is 4.74 Å². The lowest BCUT2D eigenvalue weighted by atomic mass is 10.1. The molecule has 1 aromatic carbocycles. The number of methoxy groups -OCH3 is 1. The summed E-state index contributed by atoms with van der Waals surface area (Å²) in [5, 5.41) is 5.16. The maximum Gasteiger partial charge on any atom is 0.240 e. The molecule has 0 amide bonds. The number of hydrogen-bond donors (Lipinski definition) is 0. The smallest absolute Gasteiger partial charge is 0.240 e. The van der Waals surface area contributed by atoms with Gasteiger partial charge >= 0.3 is 0 Å². The van der Waals surface area contributed by atoms with Crippen molar-refractivity contribution >= 4 is 11.6 Å². The lowest BCUT2D eigenvalue weighted by Crippen LogP contribution is -2.06. The highest BCUT2D eigenvalue weighted by atomic mass is 35.5. The Hall–Kier alpha value is -2.47. The molecule has 2 aromatic heterocycles. The van der Waals surface area contributed by atoms with Crippen LogP contribution in [0.15, 0.2) is 36.8 Å². The van der Waals surface area contributed by atoms with E-state index in [-0.39, 0.29) is 0 Å². The second kappa shape index (κ2) is 6.20. The maximum absolute atomic E-state index is 6.09. The Morgan fingerprint density at radius 2 is 2.17 bits per heavy atom. The van der Waals surface area contributed by atoms with E-state index >= 15 is 0 Å². The van der Waals surface area contributed by atoms with Gasteiger partial charge in [-0.05, 0) is 25.0 Å².